The van der Waals surface area contributed by atoms with Gasteiger partial charge in [0, 0.05) is 18.0 Å². The predicted molar refractivity (Wildman–Crippen MR) is 56.1 cm³/mol. The first-order valence-corrected chi connectivity index (χ1v) is 5.06. The molecule has 0 spiro atoms. The minimum Gasteiger partial charge on any atom is -0.435 e. The highest BCUT2D eigenvalue weighted by atomic mass is 35.5. The van der Waals surface area contributed by atoms with Crippen LogP contribution in [0.2, 0.25) is 0 Å². The monoisotopic (exact) mass is 249 g/mol. The number of rotatable bonds is 5. The van der Waals surface area contributed by atoms with Crippen molar-refractivity contribution >= 4 is 17.5 Å². The van der Waals surface area contributed by atoms with E-state index in [2.05, 4.69) is 10.1 Å². The van der Waals surface area contributed by atoms with E-state index in [1.54, 1.807) is 0 Å². The summed E-state index contributed by atoms with van der Waals surface area (Å²) in [7, 11) is 0. The van der Waals surface area contributed by atoms with Crippen LogP contribution >= 0.6 is 11.6 Å². The van der Waals surface area contributed by atoms with Crippen molar-refractivity contribution in [1.29, 1.82) is 0 Å². The van der Waals surface area contributed by atoms with Crippen LogP contribution in [0, 0.1) is 0 Å². The van der Waals surface area contributed by atoms with E-state index in [-0.39, 0.29) is 17.2 Å². The molecule has 0 unspecified atom stereocenters. The Morgan fingerprint density at radius 1 is 1.50 bits per heavy atom. The molecule has 0 heterocycles. The maximum atomic E-state index is 11.9. The van der Waals surface area contributed by atoms with Gasteiger partial charge in [-0.2, -0.15) is 8.78 Å². The molecule has 0 atom stereocenters. The Morgan fingerprint density at radius 3 is 2.88 bits per heavy atom. The highest BCUT2D eigenvalue weighted by Gasteiger charge is 2.08. The topological polar surface area (TPSA) is 38.3 Å². The van der Waals surface area contributed by atoms with Crippen LogP contribution in [0.25, 0.3) is 0 Å². The standard InChI is InChI=1S/C10H10ClF2NO2/c11-4-5-14-9(15)7-2-1-3-8(6-7)16-10(12)13/h1-3,6,10H,4-5H2,(H,14,15). The summed E-state index contributed by atoms with van der Waals surface area (Å²) in [5.74, 6) is -0.132. The summed E-state index contributed by atoms with van der Waals surface area (Å²) in [6.07, 6.45) is 0. The summed E-state index contributed by atoms with van der Waals surface area (Å²) in [5, 5.41) is 2.52. The second-order valence-electron chi connectivity index (χ2n) is 2.85. The Balaban J connectivity index is 2.69. The van der Waals surface area contributed by atoms with Gasteiger partial charge in [0.05, 0.1) is 0 Å². The molecule has 0 bridgehead atoms. The lowest BCUT2D eigenvalue weighted by Gasteiger charge is -2.06. The molecule has 3 nitrogen and oxygen atoms in total. The largest absolute Gasteiger partial charge is 0.435 e. The van der Waals surface area contributed by atoms with E-state index < -0.39 is 6.61 Å². The van der Waals surface area contributed by atoms with Gasteiger partial charge in [-0.15, -0.1) is 11.6 Å². The van der Waals surface area contributed by atoms with Gasteiger partial charge >= 0.3 is 6.61 Å². The molecule has 0 aliphatic carbocycles. The van der Waals surface area contributed by atoms with E-state index in [0.717, 1.165) is 0 Å². The zero-order chi connectivity index (χ0) is 12.0. The summed E-state index contributed by atoms with van der Waals surface area (Å²) >= 11 is 5.39. The Kier molecular flexibility index (Phi) is 4.98. The SMILES string of the molecule is O=C(NCCCl)c1cccc(OC(F)F)c1. The van der Waals surface area contributed by atoms with Gasteiger partial charge in [0.15, 0.2) is 0 Å². The zero-order valence-corrected chi connectivity index (χ0v) is 9.01. The molecule has 0 aromatic heterocycles. The van der Waals surface area contributed by atoms with Gasteiger partial charge in [0.2, 0.25) is 0 Å². The maximum Gasteiger partial charge on any atom is 0.387 e. The molecule has 1 N–H and O–H groups in total. The molecule has 0 saturated carbocycles. The van der Waals surface area contributed by atoms with E-state index in [0.29, 0.717) is 12.4 Å². The average molecular weight is 250 g/mol. The minimum atomic E-state index is -2.90. The Morgan fingerprint density at radius 2 is 2.25 bits per heavy atom. The van der Waals surface area contributed by atoms with Crippen LogP contribution in [0.4, 0.5) is 8.78 Å². The molecule has 1 amide bonds. The lowest BCUT2D eigenvalue weighted by molar-refractivity contribution is -0.0498. The first-order chi connectivity index (χ1) is 7.63. The zero-order valence-electron chi connectivity index (χ0n) is 8.25. The van der Waals surface area contributed by atoms with Crippen LogP contribution < -0.4 is 10.1 Å². The van der Waals surface area contributed by atoms with Crippen molar-refractivity contribution in [1.82, 2.24) is 5.32 Å². The minimum absolute atomic E-state index is 0.0477. The molecular weight excluding hydrogens is 240 g/mol. The van der Waals surface area contributed by atoms with E-state index in [9.17, 15) is 13.6 Å². The molecule has 1 aromatic carbocycles. The summed E-state index contributed by atoms with van der Waals surface area (Å²) < 4.78 is 28.0. The van der Waals surface area contributed by atoms with Crippen molar-refractivity contribution in [3.8, 4) is 5.75 Å². The molecule has 1 rings (SSSR count). The number of nitrogens with one attached hydrogen (secondary N) is 1. The fourth-order valence-corrected chi connectivity index (χ4v) is 1.17. The van der Waals surface area contributed by atoms with Gasteiger partial charge in [-0.25, -0.2) is 0 Å². The molecule has 16 heavy (non-hydrogen) atoms. The first kappa shape index (κ1) is 12.7. The Bertz CT molecular complexity index is 360. The molecule has 0 fully saturated rings. The third-order valence-electron chi connectivity index (χ3n) is 1.70. The van der Waals surface area contributed by atoms with Crippen molar-refractivity contribution in [3.63, 3.8) is 0 Å². The first-order valence-electron chi connectivity index (χ1n) is 4.52. The molecule has 0 aliphatic heterocycles. The molecule has 88 valence electrons. The number of ether oxygens (including phenoxy) is 1. The van der Waals surface area contributed by atoms with Crippen molar-refractivity contribution in [3.05, 3.63) is 29.8 Å². The number of amides is 1. The average Bonchev–Trinajstić information content (AvgIpc) is 2.25. The normalized spacial score (nSPS) is 10.2. The summed E-state index contributed by atoms with van der Waals surface area (Å²) in [5.41, 5.74) is 0.253. The van der Waals surface area contributed by atoms with Crippen LogP contribution in [0.1, 0.15) is 10.4 Å². The van der Waals surface area contributed by atoms with Gasteiger partial charge in [-0.1, -0.05) is 6.07 Å². The van der Waals surface area contributed by atoms with Gasteiger partial charge in [-0.3, -0.25) is 4.79 Å². The number of halogens is 3. The molecule has 0 radical (unpaired) electrons. The van der Waals surface area contributed by atoms with Gasteiger partial charge in [0.1, 0.15) is 5.75 Å². The number of hydrogen-bond donors (Lipinski definition) is 1. The van der Waals surface area contributed by atoms with Gasteiger partial charge < -0.3 is 10.1 Å². The molecule has 0 aliphatic rings. The van der Waals surface area contributed by atoms with E-state index in [1.165, 1.54) is 24.3 Å². The van der Waals surface area contributed by atoms with Crippen LogP contribution in [-0.2, 0) is 0 Å². The van der Waals surface area contributed by atoms with Crippen LogP contribution in [0.15, 0.2) is 24.3 Å². The number of alkyl halides is 3. The number of carbonyl (C=O) groups excluding carboxylic acids is 1. The fraction of sp³-hybridized carbons (Fsp3) is 0.300. The fourth-order valence-electron chi connectivity index (χ4n) is 1.08. The third kappa shape index (κ3) is 4.02. The molecular formula is C10H10ClF2NO2. The van der Waals surface area contributed by atoms with E-state index in [1.807, 2.05) is 0 Å². The quantitative estimate of drug-likeness (QED) is 0.813. The summed E-state index contributed by atoms with van der Waals surface area (Å²) in [6.45, 7) is -2.58. The molecule has 0 saturated heterocycles. The smallest absolute Gasteiger partial charge is 0.387 e. The van der Waals surface area contributed by atoms with Gasteiger partial charge in [-0.05, 0) is 18.2 Å². The van der Waals surface area contributed by atoms with Crippen molar-refractivity contribution in [2.24, 2.45) is 0 Å². The highest BCUT2D eigenvalue weighted by molar-refractivity contribution is 6.18. The third-order valence-corrected chi connectivity index (χ3v) is 1.89. The van der Waals surface area contributed by atoms with Crippen molar-refractivity contribution in [2.75, 3.05) is 12.4 Å². The van der Waals surface area contributed by atoms with E-state index in [4.69, 9.17) is 11.6 Å². The Hall–Kier alpha value is -1.36. The van der Waals surface area contributed by atoms with Crippen LogP contribution in [0.5, 0.6) is 5.75 Å². The second-order valence-corrected chi connectivity index (χ2v) is 3.23. The second kappa shape index (κ2) is 6.27. The summed E-state index contributed by atoms with van der Waals surface area (Å²) in [4.78, 5) is 11.4. The number of carbonyl (C=O) groups is 1. The van der Waals surface area contributed by atoms with Crippen molar-refractivity contribution in [2.45, 2.75) is 6.61 Å². The van der Waals surface area contributed by atoms with Crippen molar-refractivity contribution < 1.29 is 18.3 Å². The molecule has 1 aromatic rings. The lowest BCUT2D eigenvalue weighted by atomic mass is 10.2. The number of hydrogen-bond acceptors (Lipinski definition) is 2. The lowest BCUT2D eigenvalue weighted by Crippen LogP contribution is -2.25. The predicted octanol–water partition coefficient (Wildman–Crippen LogP) is 2.26. The van der Waals surface area contributed by atoms with Gasteiger partial charge in [0.25, 0.3) is 5.91 Å². The number of benzene rings is 1. The van der Waals surface area contributed by atoms with E-state index >= 15 is 0 Å². The Labute approximate surface area is 96.4 Å². The highest BCUT2D eigenvalue weighted by Crippen LogP contribution is 2.15. The summed E-state index contributed by atoms with van der Waals surface area (Å²) in [6, 6.07) is 5.56. The maximum absolute atomic E-state index is 11.9. The molecule has 6 heteroatoms. The van der Waals surface area contributed by atoms with Crippen LogP contribution in [0.3, 0.4) is 0 Å². The van der Waals surface area contributed by atoms with Crippen LogP contribution in [-0.4, -0.2) is 24.9 Å².